The van der Waals surface area contributed by atoms with Crippen LogP contribution >= 0.6 is 11.6 Å². The van der Waals surface area contributed by atoms with Crippen LogP contribution in [0.15, 0.2) is 24.3 Å². The highest BCUT2D eigenvalue weighted by Gasteiger charge is 2.55. The van der Waals surface area contributed by atoms with E-state index in [0.29, 0.717) is 12.2 Å². The van der Waals surface area contributed by atoms with Crippen LogP contribution in [-0.4, -0.2) is 52.8 Å². The number of rotatable bonds is 1. The van der Waals surface area contributed by atoms with E-state index in [9.17, 15) is 9.59 Å². The second kappa shape index (κ2) is 7.55. The summed E-state index contributed by atoms with van der Waals surface area (Å²) in [6.07, 6.45) is 0.143. The zero-order chi connectivity index (χ0) is 22.6. The Hall–Kier alpha value is -2.54. The van der Waals surface area contributed by atoms with Gasteiger partial charge in [0.05, 0.1) is 30.2 Å². The fraction of sp³-hybridized carbons (Fsp3) is 0.522. The summed E-state index contributed by atoms with van der Waals surface area (Å²) >= 11 is 6.90. The molecule has 0 N–H and O–H groups in total. The van der Waals surface area contributed by atoms with Gasteiger partial charge in [-0.1, -0.05) is 18.2 Å². The Morgan fingerprint density at radius 3 is 2.65 bits per heavy atom. The molecule has 1 spiro atoms. The number of carbonyl (C=O) groups excluding carboxylic acids is 2. The molecule has 1 fully saturated rings. The van der Waals surface area contributed by atoms with Gasteiger partial charge in [-0.15, -0.1) is 11.6 Å². The molecule has 3 unspecified atom stereocenters. The number of esters is 1. The number of halogens is 1. The second-order valence-electron chi connectivity index (χ2n) is 9.27. The van der Waals surface area contributed by atoms with Gasteiger partial charge in [0, 0.05) is 23.8 Å². The first-order valence-corrected chi connectivity index (χ1v) is 10.8. The number of pyridine rings is 1. The van der Waals surface area contributed by atoms with E-state index in [-0.39, 0.29) is 18.3 Å². The van der Waals surface area contributed by atoms with Crippen LogP contribution in [0.1, 0.15) is 50.2 Å². The maximum absolute atomic E-state index is 12.9. The molecule has 0 aliphatic carbocycles. The first-order valence-electron chi connectivity index (χ1n) is 10.3. The van der Waals surface area contributed by atoms with Crippen LogP contribution in [0.5, 0.6) is 5.75 Å². The van der Waals surface area contributed by atoms with E-state index in [1.165, 1.54) is 12.0 Å². The summed E-state index contributed by atoms with van der Waals surface area (Å²) in [5, 5.41) is 0.594. The third kappa shape index (κ3) is 3.91. The maximum atomic E-state index is 12.9. The molecule has 166 valence electrons. The molecule has 0 saturated carbocycles. The Labute approximate surface area is 186 Å². The monoisotopic (exact) mass is 446 g/mol. The number of ether oxygens (including phenoxy) is 3. The number of methoxy groups -OCH3 is 1. The van der Waals surface area contributed by atoms with Crippen LogP contribution < -0.4 is 4.74 Å². The van der Waals surface area contributed by atoms with Crippen molar-refractivity contribution in [3.05, 3.63) is 35.5 Å². The van der Waals surface area contributed by atoms with Crippen molar-refractivity contribution >= 4 is 34.6 Å². The predicted molar refractivity (Wildman–Crippen MR) is 116 cm³/mol. The van der Waals surface area contributed by atoms with E-state index in [1.807, 2.05) is 31.2 Å². The SMILES string of the molecule is COC(=O)C1CC2(CC(Cl)c3c(c(C)nc4ccccc34)O2)CN1C(=O)OC(C)(C)C. The molecule has 0 radical (unpaired) electrons. The number of hydrogen-bond acceptors (Lipinski definition) is 6. The molecule has 2 aromatic rings. The van der Waals surface area contributed by atoms with Gasteiger partial charge in [0.25, 0.3) is 0 Å². The first kappa shape index (κ1) is 21.7. The van der Waals surface area contributed by atoms with E-state index < -0.39 is 29.3 Å². The highest BCUT2D eigenvalue weighted by molar-refractivity contribution is 6.22. The highest BCUT2D eigenvalue weighted by Crippen LogP contribution is 2.51. The van der Waals surface area contributed by atoms with Crippen LogP contribution in [0.25, 0.3) is 10.9 Å². The summed E-state index contributed by atoms with van der Waals surface area (Å²) in [5.74, 6) is 0.121. The fourth-order valence-electron chi connectivity index (χ4n) is 4.50. The molecule has 8 heteroatoms. The number of fused-ring (bicyclic) bond motifs is 3. The molecule has 31 heavy (non-hydrogen) atoms. The molecule has 7 nitrogen and oxygen atoms in total. The summed E-state index contributed by atoms with van der Waals surface area (Å²) in [7, 11) is 1.31. The minimum absolute atomic E-state index is 0.177. The van der Waals surface area contributed by atoms with Gasteiger partial charge in [-0.3, -0.25) is 4.90 Å². The van der Waals surface area contributed by atoms with Crippen molar-refractivity contribution in [1.82, 2.24) is 9.88 Å². The Kier molecular flexibility index (Phi) is 5.28. The lowest BCUT2D eigenvalue weighted by Crippen LogP contribution is -2.46. The molecular formula is C23H27ClN2O5. The van der Waals surface area contributed by atoms with E-state index in [4.69, 9.17) is 25.8 Å². The van der Waals surface area contributed by atoms with Gasteiger partial charge >= 0.3 is 12.1 Å². The summed E-state index contributed by atoms with van der Waals surface area (Å²) in [5.41, 5.74) is 0.967. The third-order valence-electron chi connectivity index (χ3n) is 5.74. The van der Waals surface area contributed by atoms with Crippen molar-refractivity contribution in [2.75, 3.05) is 13.7 Å². The maximum Gasteiger partial charge on any atom is 0.411 e. The Morgan fingerprint density at radius 1 is 1.26 bits per heavy atom. The molecular weight excluding hydrogens is 420 g/mol. The highest BCUT2D eigenvalue weighted by atomic mass is 35.5. The molecule has 4 rings (SSSR count). The van der Waals surface area contributed by atoms with E-state index in [2.05, 4.69) is 4.98 Å². The number of aromatic nitrogens is 1. The van der Waals surface area contributed by atoms with E-state index in [0.717, 1.165) is 22.2 Å². The van der Waals surface area contributed by atoms with Gasteiger partial charge in [-0.05, 0) is 33.8 Å². The van der Waals surface area contributed by atoms with Crippen molar-refractivity contribution in [1.29, 1.82) is 0 Å². The van der Waals surface area contributed by atoms with Crippen LogP contribution in [-0.2, 0) is 14.3 Å². The Bertz CT molecular complexity index is 1050. The number of likely N-dealkylation sites (tertiary alicyclic amines) is 1. The first-order chi connectivity index (χ1) is 14.5. The van der Waals surface area contributed by atoms with Gasteiger partial charge in [0.2, 0.25) is 0 Å². The van der Waals surface area contributed by atoms with Crippen LogP contribution in [0.3, 0.4) is 0 Å². The molecule has 1 aromatic heterocycles. The summed E-state index contributed by atoms with van der Waals surface area (Å²) in [6.45, 7) is 7.41. The topological polar surface area (TPSA) is 78.0 Å². The number of hydrogen-bond donors (Lipinski definition) is 0. The smallest absolute Gasteiger partial charge is 0.411 e. The summed E-state index contributed by atoms with van der Waals surface area (Å²) < 4.78 is 17.0. The van der Waals surface area contributed by atoms with Gasteiger partial charge < -0.3 is 14.2 Å². The normalized spacial score (nSPS) is 25.3. The Balaban J connectivity index is 1.73. The lowest BCUT2D eigenvalue weighted by atomic mass is 9.87. The van der Waals surface area contributed by atoms with Crippen LogP contribution in [0.4, 0.5) is 4.79 Å². The number of carbonyl (C=O) groups is 2. The lowest BCUT2D eigenvalue weighted by molar-refractivity contribution is -0.145. The zero-order valence-electron chi connectivity index (χ0n) is 18.4. The minimum atomic E-state index is -0.829. The number of alkyl halides is 1. The van der Waals surface area contributed by atoms with E-state index in [1.54, 1.807) is 20.8 Å². The van der Waals surface area contributed by atoms with Gasteiger partial charge in [-0.2, -0.15) is 0 Å². The Morgan fingerprint density at radius 2 is 1.97 bits per heavy atom. The predicted octanol–water partition coefficient (Wildman–Crippen LogP) is 4.53. The van der Waals surface area contributed by atoms with Crippen molar-refractivity contribution < 1.29 is 23.8 Å². The number of nitrogens with zero attached hydrogens (tertiary/aromatic N) is 2. The van der Waals surface area contributed by atoms with Crippen LogP contribution in [0, 0.1) is 6.92 Å². The molecule has 1 saturated heterocycles. The third-order valence-corrected chi connectivity index (χ3v) is 6.11. The number of amides is 1. The second-order valence-corrected chi connectivity index (χ2v) is 9.79. The molecule has 0 bridgehead atoms. The molecule has 2 aliphatic rings. The number of para-hydroxylation sites is 1. The van der Waals surface area contributed by atoms with Crippen molar-refractivity contribution in [3.8, 4) is 5.75 Å². The average molecular weight is 447 g/mol. The zero-order valence-corrected chi connectivity index (χ0v) is 19.2. The largest absolute Gasteiger partial charge is 0.483 e. The minimum Gasteiger partial charge on any atom is -0.483 e. The summed E-state index contributed by atoms with van der Waals surface area (Å²) in [6, 6.07) is 7.01. The molecule has 3 heterocycles. The summed E-state index contributed by atoms with van der Waals surface area (Å²) in [4.78, 5) is 31.5. The number of aryl methyl sites for hydroxylation is 1. The average Bonchev–Trinajstić information content (AvgIpc) is 3.05. The van der Waals surface area contributed by atoms with Crippen molar-refractivity contribution in [3.63, 3.8) is 0 Å². The molecule has 3 atom stereocenters. The standard InChI is InChI=1S/C23H27ClN2O5/c1-13-19-18(14-8-6-7-9-16(14)25-13)15(24)10-23(30-19)11-17(20(27)29-5)26(12-23)21(28)31-22(2,3)4/h6-9,15,17H,10-12H2,1-5H3. The van der Waals surface area contributed by atoms with Gasteiger partial charge in [0.15, 0.2) is 0 Å². The molecule has 1 amide bonds. The lowest BCUT2D eigenvalue weighted by Gasteiger charge is -2.38. The van der Waals surface area contributed by atoms with Gasteiger partial charge in [-0.25, -0.2) is 14.6 Å². The van der Waals surface area contributed by atoms with Gasteiger partial charge in [0.1, 0.15) is 23.0 Å². The number of benzene rings is 1. The van der Waals surface area contributed by atoms with Crippen molar-refractivity contribution in [2.24, 2.45) is 0 Å². The fourth-order valence-corrected chi connectivity index (χ4v) is 5.00. The quantitative estimate of drug-likeness (QED) is 0.473. The van der Waals surface area contributed by atoms with Crippen LogP contribution in [0.2, 0.25) is 0 Å². The van der Waals surface area contributed by atoms with E-state index >= 15 is 0 Å². The van der Waals surface area contributed by atoms with Crippen molar-refractivity contribution in [2.45, 2.75) is 63.2 Å². The molecule has 2 aliphatic heterocycles. The molecule has 1 aromatic carbocycles.